The molecule has 1 fully saturated rings. The monoisotopic (exact) mass is 440 g/mol. The number of aryl methyl sites for hydroxylation is 2. The zero-order valence-electron chi connectivity index (χ0n) is 18.8. The highest BCUT2D eigenvalue weighted by molar-refractivity contribution is 6.14. The predicted octanol–water partition coefficient (Wildman–Crippen LogP) is 4.95. The fourth-order valence-corrected chi connectivity index (χ4v) is 4.01. The zero-order valence-corrected chi connectivity index (χ0v) is 18.8. The van der Waals surface area contributed by atoms with Gasteiger partial charge in [0.05, 0.1) is 40.7 Å². The molecule has 2 aromatic heterocycles. The van der Waals surface area contributed by atoms with E-state index < -0.39 is 5.97 Å². The first kappa shape index (κ1) is 20.9. The largest absolute Gasteiger partial charge is 0.465 e. The molecule has 0 spiro atoms. The Bertz CT molecular complexity index is 1380. The summed E-state index contributed by atoms with van der Waals surface area (Å²) in [5.41, 5.74) is 5.51. The topological polar surface area (TPSA) is 86.1 Å². The molecule has 166 valence electrons. The summed E-state index contributed by atoms with van der Waals surface area (Å²) in [4.78, 5) is 30.6. The Morgan fingerprint density at radius 3 is 2.45 bits per heavy atom. The van der Waals surface area contributed by atoms with E-state index in [1.165, 1.54) is 7.11 Å². The third-order valence-electron chi connectivity index (χ3n) is 5.93. The molecule has 1 aliphatic carbocycles. The van der Waals surface area contributed by atoms with Crippen LogP contribution >= 0.6 is 0 Å². The van der Waals surface area contributed by atoms with E-state index in [1.54, 1.807) is 28.9 Å². The lowest BCUT2D eigenvalue weighted by atomic mass is 10.1. The number of rotatable bonds is 5. The molecule has 0 radical (unpaired) electrons. The van der Waals surface area contributed by atoms with Crippen LogP contribution in [0.25, 0.3) is 16.7 Å². The number of carbonyl (C=O) groups excluding carboxylic acids is 2. The van der Waals surface area contributed by atoms with E-state index in [0.717, 1.165) is 29.8 Å². The standard InChI is InChI=1S/C26H24N4O3/c1-15-8-12-18(13-9-15)30-24-23(16(2)29-30)20(14-22(27-24)17-10-11-17)25(31)28-21-7-5-4-6-19(21)26(32)33-3/h4-9,12-14,17H,10-11H2,1-3H3,(H,28,31). The van der Waals surface area contributed by atoms with E-state index in [4.69, 9.17) is 14.8 Å². The van der Waals surface area contributed by atoms with E-state index in [-0.39, 0.29) is 5.91 Å². The minimum atomic E-state index is -0.507. The molecule has 0 saturated heterocycles. The summed E-state index contributed by atoms with van der Waals surface area (Å²) in [6, 6.07) is 16.7. The second kappa shape index (κ2) is 8.16. The number of nitrogens with zero attached hydrogens (tertiary/aromatic N) is 3. The minimum Gasteiger partial charge on any atom is -0.465 e. The smallest absolute Gasteiger partial charge is 0.339 e. The third-order valence-corrected chi connectivity index (χ3v) is 5.93. The van der Waals surface area contributed by atoms with Gasteiger partial charge in [0.2, 0.25) is 0 Å². The molecule has 33 heavy (non-hydrogen) atoms. The van der Waals surface area contributed by atoms with Gasteiger partial charge in [-0.15, -0.1) is 0 Å². The number of para-hydroxylation sites is 1. The van der Waals surface area contributed by atoms with Gasteiger partial charge in [-0.2, -0.15) is 5.10 Å². The van der Waals surface area contributed by atoms with Crippen molar-refractivity contribution in [3.8, 4) is 5.69 Å². The predicted molar refractivity (Wildman–Crippen MR) is 126 cm³/mol. The summed E-state index contributed by atoms with van der Waals surface area (Å²) >= 11 is 0. The highest BCUT2D eigenvalue weighted by atomic mass is 16.5. The Hall–Kier alpha value is -4.00. The van der Waals surface area contributed by atoms with E-state index >= 15 is 0 Å². The first-order valence-electron chi connectivity index (χ1n) is 10.9. The molecule has 2 aromatic carbocycles. The van der Waals surface area contributed by atoms with Gasteiger partial charge in [-0.3, -0.25) is 4.79 Å². The average Bonchev–Trinajstić information content (AvgIpc) is 3.63. The molecule has 1 amide bonds. The van der Waals surface area contributed by atoms with Crippen molar-refractivity contribution < 1.29 is 14.3 Å². The van der Waals surface area contributed by atoms with Crippen molar-refractivity contribution in [1.29, 1.82) is 0 Å². The lowest BCUT2D eigenvalue weighted by Gasteiger charge is -2.12. The van der Waals surface area contributed by atoms with E-state index in [2.05, 4.69) is 5.32 Å². The molecule has 7 nitrogen and oxygen atoms in total. The summed E-state index contributed by atoms with van der Waals surface area (Å²) in [7, 11) is 1.32. The van der Waals surface area contributed by atoms with Crippen LogP contribution in [0.2, 0.25) is 0 Å². The molecule has 0 unspecified atom stereocenters. The first-order chi connectivity index (χ1) is 16.0. The normalized spacial score (nSPS) is 13.2. The van der Waals surface area contributed by atoms with Crippen LogP contribution in [-0.4, -0.2) is 33.8 Å². The Labute approximate surface area is 191 Å². The van der Waals surface area contributed by atoms with E-state index in [0.29, 0.717) is 39.5 Å². The van der Waals surface area contributed by atoms with Crippen LogP contribution in [-0.2, 0) is 4.74 Å². The van der Waals surface area contributed by atoms with E-state index in [1.807, 2.05) is 44.2 Å². The van der Waals surface area contributed by atoms with Crippen molar-refractivity contribution in [1.82, 2.24) is 14.8 Å². The highest BCUT2D eigenvalue weighted by Crippen LogP contribution is 2.41. The van der Waals surface area contributed by atoms with Crippen molar-refractivity contribution in [3.63, 3.8) is 0 Å². The number of ether oxygens (including phenoxy) is 1. The molecular formula is C26H24N4O3. The summed E-state index contributed by atoms with van der Waals surface area (Å²) in [6.07, 6.45) is 2.12. The lowest BCUT2D eigenvalue weighted by molar-refractivity contribution is 0.0602. The lowest BCUT2D eigenvalue weighted by Crippen LogP contribution is -2.16. The van der Waals surface area contributed by atoms with Gasteiger partial charge in [0.25, 0.3) is 5.91 Å². The number of nitrogens with one attached hydrogen (secondary N) is 1. The summed E-state index contributed by atoms with van der Waals surface area (Å²) in [5.74, 6) is -0.468. The molecule has 0 atom stereocenters. The van der Waals surface area contributed by atoms with Crippen LogP contribution in [0.4, 0.5) is 5.69 Å². The number of pyridine rings is 1. The molecule has 0 aliphatic heterocycles. The van der Waals surface area contributed by atoms with Gasteiger partial charge in [0.15, 0.2) is 5.65 Å². The number of fused-ring (bicyclic) bond motifs is 1. The van der Waals surface area contributed by atoms with Crippen molar-refractivity contribution >= 4 is 28.6 Å². The molecule has 1 aliphatic rings. The Balaban J connectivity index is 1.63. The average molecular weight is 441 g/mol. The number of methoxy groups -OCH3 is 1. The van der Waals surface area contributed by atoms with Gasteiger partial charge < -0.3 is 10.1 Å². The van der Waals surface area contributed by atoms with Crippen LogP contribution in [0.5, 0.6) is 0 Å². The molecule has 5 rings (SSSR count). The van der Waals surface area contributed by atoms with Crippen LogP contribution in [0, 0.1) is 13.8 Å². The second-order valence-corrected chi connectivity index (χ2v) is 8.39. The van der Waals surface area contributed by atoms with Gasteiger partial charge in [-0.05, 0) is 57.0 Å². The van der Waals surface area contributed by atoms with Gasteiger partial charge in [0.1, 0.15) is 0 Å². The highest BCUT2D eigenvalue weighted by Gasteiger charge is 2.29. The summed E-state index contributed by atoms with van der Waals surface area (Å²) in [5, 5.41) is 8.32. The maximum atomic E-state index is 13.5. The number of hydrogen-bond donors (Lipinski definition) is 1. The van der Waals surface area contributed by atoms with Crippen LogP contribution < -0.4 is 5.32 Å². The SMILES string of the molecule is COC(=O)c1ccccc1NC(=O)c1cc(C2CC2)nc2c1c(C)nn2-c1ccc(C)cc1. The first-order valence-corrected chi connectivity index (χ1v) is 10.9. The number of carbonyl (C=O) groups is 2. The molecule has 1 saturated carbocycles. The number of hydrogen-bond acceptors (Lipinski definition) is 5. The molecule has 7 heteroatoms. The Morgan fingerprint density at radius 1 is 1.03 bits per heavy atom. The van der Waals surface area contributed by atoms with Crippen LogP contribution in [0.1, 0.15) is 56.4 Å². The molecule has 1 N–H and O–H groups in total. The fraction of sp³-hybridized carbons (Fsp3) is 0.231. The molecular weight excluding hydrogens is 416 g/mol. The maximum Gasteiger partial charge on any atom is 0.339 e. The number of esters is 1. The number of anilines is 1. The number of amides is 1. The Morgan fingerprint density at radius 2 is 1.76 bits per heavy atom. The maximum absolute atomic E-state index is 13.5. The van der Waals surface area contributed by atoms with Crippen LogP contribution in [0.15, 0.2) is 54.6 Å². The zero-order chi connectivity index (χ0) is 23.1. The minimum absolute atomic E-state index is 0.299. The van der Waals surface area contributed by atoms with Crippen molar-refractivity contribution in [2.24, 2.45) is 0 Å². The van der Waals surface area contributed by atoms with Crippen LogP contribution in [0.3, 0.4) is 0 Å². The summed E-state index contributed by atoms with van der Waals surface area (Å²) < 4.78 is 6.66. The quantitative estimate of drug-likeness (QED) is 0.444. The number of aromatic nitrogens is 3. The summed E-state index contributed by atoms with van der Waals surface area (Å²) in [6.45, 7) is 3.92. The van der Waals surface area contributed by atoms with Crippen molar-refractivity contribution in [2.75, 3.05) is 12.4 Å². The molecule has 4 aromatic rings. The fourth-order valence-electron chi connectivity index (χ4n) is 4.01. The number of benzene rings is 2. The van der Waals surface area contributed by atoms with Gasteiger partial charge in [0, 0.05) is 11.6 Å². The Kier molecular flexibility index (Phi) is 5.17. The second-order valence-electron chi connectivity index (χ2n) is 8.39. The van der Waals surface area contributed by atoms with Crippen molar-refractivity contribution in [3.05, 3.63) is 82.7 Å². The third kappa shape index (κ3) is 3.86. The van der Waals surface area contributed by atoms with Gasteiger partial charge in [-0.1, -0.05) is 29.8 Å². The van der Waals surface area contributed by atoms with Gasteiger partial charge in [-0.25, -0.2) is 14.5 Å². The van der Waals surface area contributed by atoms with Gasteiger partial charge >= 0.3 is 5.97 Å². The molecule has 0 bridgehead atoms. The van der Waals surface area contributed by atoms with E-state index in [9.17, 15) is 9.59 Å². The van der Waals surface area contributed by atoms with Crippen molar-refractivity contribution in [2.45, 2.75) is 32.6 Å². The molecule has 2 heterocycles.